The molecule has 0 atom stereocenters. The zero-order chi connectivity index (χ0) is 13.6. The summed E-state index contributed by atoms with van der Waals surface area (Å²) in [6.45, 7) is 4.37. The van der Waals surface area contributed by atoms with Crippen molar-refractivity contribution in [3.63, 3.8) is 0 Å². The molecule has 0 bridgehead atoms. The van der Waals surface area contributed by atoms with Crippen molar-refractivity contribution >= 4 is 27.5 Å². The van der Waals surface area contributed by atoms with E-state index in [1.54, 1.807) is 6.20 Å². The maximum absolute atomic E-state index is 9.79. The van der Waals surface area contributed by atoms with Crippen LogP contribution in [0.15, 0.2) is 24.4 Å². The molecule has 0 amide bonds. The van der Waals surface area contributed by atoms with E-state index in [0.29, 0.717) is 22.5 Å². The molecule has 98 valence electrons. The van der Waals surface area contributed by atoms with Gasteiger partial charge in [0.05, 0.1) is 22.1 Å². The summed E-state index contributed by atoms with van der Waals surface area (Å²) >= 11 is 0. The third-order valence-corrected chi connectivity index (χ3v) is 3.38. The van der Waals surface area contributed by atoms with Gasteiger partial charge in [0.1, 0.15) is 0 Å². The first-order valence-corrected chi connectivity index (χ1v) is 6.45. The molecule has 4 N–H and O–H groups in total. The van der Waals surface area contributed by atoms with Crippen molar-refractivity contribution in [2.45, 2.75) is 20.3 Å². The van der Waals surface area contributed by atoms with Gasteiger partial charge >= 0.3 is 0 Å². The van der Waals surface area contributed by atoms with Crippen LogP contribution in [0.3, 0.4) is 0 Å². The van der Waals surface area contributed by atoms with Gasteiger partial charge in [-0.3, -0.25) is 0 Å². The van der Waals surface area contributed by atoms with Crippen LogP contribution in [0.1, 0.15) is 19.4 Å². The number of para-hydroxylation sites is 1. The van der Waals surface area contributed by atoms with E-state index in [9.17, 15) is 5.11 Å². The molecular formula is C15H17N3O. The molecule has 0 saturated carbocycles. The predicted molar refractivity (Wildman–Crippen MR) is 78.2 cm³/mol. The Hall–Kier alpha value is -2.23. The minimum Gasteiger partial charge on any atom is -0.494 e. The Bertz CT molecular complexity index is 759. The molecule has 0 unspecified atom stereocenters. The minimum absolute atomic E-state index is 0.0798. The minimum atomic E-state index is 0.0798. The average Bonchev–Trinajstić information content (AvgIpc) is 2.72. The molecule has 0 spiro atoms. The maximum atomic E-state index is 9.79. The number of pyridine rings is 1. The molecule has 3 rings (SSSR count). The molecule has 2 heterocycles. The molecule has 0 radical (unpaired) electrons. The Morgan fingerprint density at radius 3 is 2.89 bits per heavy atom. The van der Waals surface area contributed by atoms with E-state index in [2.05, 4.69) is 29.9 Å². The summed E-state index contributed by atoms with van der Waals surface area (Å²) in [5.41, 5.74) is 9.60. The Labute approximate surface area is 111 Å². The monoisotopic (exact) mass is 255 g/mol. The van der Waals surface area contributed by atoms with Crippen LogP contribution < -0.4 is 5.73 Å². The SMILES string of the molecule is CC(C)Cc1cccc2c(N)c3c(O)[nH]cc3nc12. The highest BCUT2D eigenvalue weighted by Gasteiger charge is 2.14. The number of rotatable bonds is 2. The van der Waals surface area contributed by atoms with E-state index < -0.39 is 0 Å². The lowest BCUT2D eigenvalue weighted by atomic mass is 9.99. The first kappa shape index (κ1) is 11.8. The Morgan fingerprint density at radius 2 is 2.16 bits per heavy atom. The van der Waals surface area contributed by atoms with E-state index in [4.69, 9.17) is 5.73 Å². The van der Waals surface area contributed by atoms with Gasteiger partial charge in [-0.25, -0.2) is 4.98 Å². The summed E-state index contributed by atoms with van der Waals surface area (Å²) in [5, 5.41) is 11.3. The second-order valence-electron chi connectivity index (χ2n) is 5.33. The van der Waals surface area contributed by atoms with Crippen LogP contribution in [0.2, 0.25) is 0 Å². The lowest BCUT2D eigenvalue weighted by Gasteiger charge is -2.10. The first-order chi connectivity index (χ1) is 9.08. The largest absolute Gasteiger partial charge is 0.494 e. The van der Waals surface area contributed by atoms with Crippen molar-refractivity contribution in [3.05, 3.63) is 30.0 Å². The van der Waals surface area contributed by atoms with Crippen molar-refractivity contribution in [3.8, 4) is 5.88 Å². The van der Waals surface area contributed by atoms with Gasteiger partial charge in [0.25, 0.3) is 0 Å². The Kier molecular flexibility index (Phi) is 2.59. The number of aromatic nitrogens is 2. The summed E-state index contributed by atoms with van der Waals surface area (Å²) in [6.07, 6.45) is 2.65. The number of nitrogen functional groups attached to an aromatic ring is 1. The Balaban J connectivity index is 2.38. The highest BCUT2D eigenvalue weighted by Crippen LogP contribution is 2.35. The van der Waals surface area contributed by atoms with Crippen molar-refractivity contribution in [1.82, 2.24) is 9.97 Å². The highest BCUT2D eigenvalue weighted by molar-refractivity contribution is 6.09. The standard InChI is InChI=1S/C15H17N3O/c1-8(2)6-9-4-3-5-10-13(16)12-11(18-14(9)10)7-17-15(12)19/h3-5,7-8,17,19H,6,16H2,1-2H3. The van der Waals surface area contributed by atoms with Crippen molar-refractivity contribution in [2.75, 3.05) is 5.73 Å². The summed E-state index contributed by atoms with van der Waals surface area (Å²) < 4.78 is 0. The van der Waals surface area contributed by atoms with E-state index in [1.807, 2.05) is 12.1 Å². The molecule has 19 heavy (non-hydrogen) atoms. The second kappa shape index (κ2) is 4.16. The molecule has 2 aromatic heterocycles. The number of nitrogens with zero attached hydrogens (tertiary/aromatic N) is 1. The fourth-order valence-electron chi connectivity index (χ4n) is 2.56. The van der Waals surface area contributed by atoms with Gasteiger partial charge in [-0.1, -0.05) is 32.0 Å². The molecule has 0 fully saturated rings. The van der Waals surface area contributed by atoms with E-state index in [1.165, 1.54) is 5.56 Å². The number of benzene rings is 1. The van der Waals surface area contributed by atoms with E-state index in [-0.39, 0.29) is 5.88 Å². The number of nitrogens with two attached hydrogens (primary N) is 1. The third kappa shape index (κ3) is 1.80. The quantitative estimate of drug-likeness (QED) is 0.658. The second-order valence-corrected chi connectivity index (χ2v) is 5.33. The van der Waals surface area contributed by atoms with Crippen LogP contribution in [0, 0.1) is 5.92 Å². The number of aromatic hydroxyl groups is 1. The fourth-order valence-corrected chi connectivity index (χ4v) is 2.56. The van der Waals surface area contributed by atoms with Gasteiger partial charge < -0.3 is 15.8 Å². The average molecular weight is 255 g/mol. The summed E-state index contributed by atoms with van der Waals surface area (Å²) in [5.74, 6) is 0.639. The smallest absolute Gasteiger partial charge is 0.200 e. The summed E-state index contributed by atoms with van der Waals surface area (Å²) in [6, 6.07) is 6.04. The van der Waals surface area contributed by atoms with Crippen LogP contribution in [-0.4, -0.2) is 15.1 Å². The van der Waals surface area contributed by atoms with Gasteiger partial charge in [0.15, 0.2) is 5.88 Å². The summed E-state index contributed by atoms with van der Waals surface area (Å²) in [4.78, 5) is 7.41. The van der Waals surface area contributed by atoms with Crippen LogP contribution >= 0.6 is 0 Å². The maximum Gasteiger partial charge on any atom is 0.200 e. The molecule has 0 aliphatic heterocycles. The molecular weight excluding hydrogens is 238 g/mol. The molecule has 0 saturated heterocycles. The van der Waals surface area contributed by atoms with Crippen molar-refractivity contribution in [2.24, 2.45) is 5.92 Å². The molecule has 0 aliphatic carbocycles. The number of fused-ring (bicyclic) bond motifs is 2. The topological polar surface area (TPSA) is 74.9 Å². The van der Waals surface area contributed by atoms with Crippen LogP contribution in [0.25, 0.3) is 21.8 Å². The number of aromatic amines is 1. The molecule has 1 aromatic carbocycles. The first-order valence-electron chi connectivity index (χ1n) is 6.45. The van der Waals surface area contributed by atoms with Gasteiger partial charge in [-0.2, -0.15) is 0 Å². The summed E-state index contributed by atoms with van der Waals surface area (Å²) in [7, 11) is 0. The normalized spacial score (nSPS) is 11.7. The lowest BCUT2D eigenvalue weighted by molar-refractivity contribution is 0.463. The van der Waals surface area contributed by atoms with Gasteiger partial charge in [-0.15, -0.1) is 0 Å². The highest BCUT2D eigenvalue weighted by atomic mass is 16.3. The van der Waals surface area contributed by atoms with Gasteiger partial charge in [0.2, 0.25) is 0 Å². The number of nitrogens with one attached hydrogen (secondary N) is 1. The molecule has 4 heteroatoms. The van der Waals surface area contributed by atoms with Crippen LogP contribution in [0.5, 0.6) is 5.88 Å². The number of hydrogen-bond acceptors (Lipinski definition) is 3. The number of hydrogen-bond donors (Lipinski definition) is 3. The lowest BCUT2D eigenvalue weighted by Crippen LogP contribution is -1.98. The molecule has 4 nitrogen and oxygen atoms in total. The molecule has 0 aliphatic rings. The zero-order valence-corrected chi connectivity index (χ0v) is 11.1. The van der Waals surface area contributed by atoms with Crippen molar-refractivity contribution in [1.29, 1.82) is 0 Å². The van der Waals surface area contributed by atoms with Gasteiger partial charge in [-0.05, 0) is 17.9 Å². The van der Waals surface area contributed by atoms with E-state index in [0.717, 1.165) is 17.3 Å². The Morgan fingerprint density at radius 1 is 1.37 bits per heavy atom. The predicted octanol–water partition coefficient (Wildman–Crippen LogP) is 3.20. The number of H-pyrrole nitrogens is 1. The van der Waals surface area contributed by atoms with Crippen LogP contribution in [0.4, 0.5) is 5.69 Å². The van der Waals surface area contributed by atoms with E-state index >= 15 is 0 Å². The van der Waals surface area contributed by atoms with Gasteiger partial charge in [0, 0.05) is 11.6 Å². The van der Waals surface area contributed by atoms with Crippen molar-refractivity contribution < 1.29 is 5.11 Å². The number of anilines is 1. The van der Waals surface area contributed by atoms with Crippen LogP contribution in [-0.2, 0) is 6.42 Å². The molecule has 3 aromatic rings. The zero-order valence-electron chi connectivity index (χ0n) is 11.1. The fraction of sp³-hybridized carbons (Fsp3) is 0.267. The third-order valence-electron chi connectivity index (χ3n) is 3.38.